The lowest BCUT2D eigenvalue weighted by Crippen LogP contribution is -2.34. The molecule has 1 atom stereocenters. The normalized spacial score (nSPS) is 16.2. The maximum atomic E-state index is 13.6. The summed E-state index contributed by atoms with van der Waals surface area (Å²) >= 11 is 1.29. The first-order valence-corrected chi connectivity index (χ1v) is 12.3. The van der Waals surface area contributed by atoms with Crippen LogP contribution >= 0.6 is 11.3 Å². The van der Waals surface area contributed by atoms with Gasteiger partial charge < -0.3 is 19.6 Å². The first-order valence-electron chi connectivity index (χ1n) is 11.5. The summed E-state index contributed by atoms with van der Waals surface area (Å²) in [5.74, 6) is -0.592. The zero-order valence-electron chi connectivity index (χ0n) is 20.1. The molecule has 0 aliphatic carbocycles. The van der Waals surface area contributed by atoms with Crippen molar-refractivity contribution in [1.82, 2.24) is 14.8 Å². The van der Waals surface area contributed by atoms with Gasteiger partial charge in [-0.05, 0) is 64.5 Å². The van der Waals surface area contributed by atoms with E-state index in [2.05, 4.69) is 23.7 Å². The summed E-state index contributed by atoms with van der Waals surface area (Å²) in [5, 5.41) is 11.6. The number of hydrogen-bond donors (Lipinski definition) is 1. The average Bonchev–Trinajstić information content (AvgIpc) is 3.27. The summed E-state index contributed by atoms with van der Waals surface area (Å²) in [6.45, 7) is 13.4. The van der Waals surface area contributed by atoms with Gasteiger partial charge in [0.15, 0.2) is 5.76 Å². The van der Waals surface area contributed by atoms with Gasteiger partial charge in [0.05, 0.1) is 33.8 Å². The number of benzene rings is 1. The minimum Gasteiger partial charge on any atom is -0.503 e. The van der Waals surface area contributed by atoms with Crippen LogP contribution in [0.15, 0.2) is 35.6 Å². The Morgan fingerprint density at radius 3 is 2.39 bits per heavy atom. The van der Waals surface area contributed by atoms with Crippen LogP contribution in [0.3, 0.4) is 0 Å². The lowest BCUT2D eigenvalue weighted by Gasteiger charge is -2.28. The first-order chi connectivity index (χ1) is 15.8. The number of aliphatic hydroxyl groups is 1. The summed E-state index contributed by atoms with van der Waals surface area (Å²) in [5.41, 5.74) is 1.50. The van der Waals surface area contributed by atoms with Gasteiger partial charge in [-0.25, -0.2) is 4.98 Å². The molecule has 1 aromatic heterocycles. The van der Waals surface area contributed by atoms with E-state index in [9.17, 15) is 14.7 Å². The standard InChI is InChI=1S/C25H33N3O4S/c1-6-27(7-2)14-9-15-28-21(18-10-12-19(13-11-18)32-8-3)20(23(30)25(28)31)22(29)24-16(4)26-17(5)33-24/h10-13,21,30H,6-9,14-15H2,1-5H3/t21-/m1/s1. The number of ether oxygens (including phenoxy) is 1. The van der Waals surface area contributed by atoms with E-state index in [1.165, 1.54) is 11.3 Å². The monoisotopic (exact) mass is 471 g/mol. The topological polar surface area (TPSA) is 83.0 Å². The van der Waals surface area contributed by atoms with E-state index in [0.29, 0.717) is 29.5 Å². The van der Waals surface area contributed by atoms with E-state index in [1.807, 2.05) is 38.1 Å². The molecule has 0 fully saturated rings. The van der Waals surface area contributed by atoms with Crippen LogP contribution in [0, 0.1) is 13.8 Å². The Kier molecular flexibility index (Phi) is 8.26. The van der Waals surface area contributed by atoms with E-state index < -0.39 is 17.7 Å². The third-order valence-corrected chi connectivity index (χ3v) is 7.00. The zero-order chi connectivity index (χ0) is 24.1. The molecule has 3 rings (SSSR count). The van der Waals surface area contributed by atoms with Crippen molar-refractivity contribution in [2.75, 3.05) is 32.8 Å². The molecule has 8 heteroatoms. The molecule has 2 aromatic rings. The lowest BCUT2D eigenvalue weighted by molar-refractivity contribution is -0.129. The number of aliphatic hydroxyl groups excluding tert-OH is 1. The Morgan fingerprint density at radius 1 is 1.18 bits per heavy atom. The van der Waals surface area contributed by atoms with Crippen molar-refractivity contribution in [2.24, 2.45) is 0 Å². The Morgan fingerprint density at radius 2 is 1.85 bits per heavy atom. The highest BCUT2D eigenvalue weighted by Gasteiger charge is 2.44. The van der Waals surface area contributed by atoms with Crippen molar-refractivity contribution in [3.63, 3.8) is 0 Å². The summed E-state index contributed by atoms with van der Waals surface area (Å²) in [7, 11) is 0. The number of amides is 1. The van der Waals surface area contributed by atoms with Crippen molar-refractivity contribution in [2.45, 2.75) is 47.1 Å². The van der Waals surface area contributed by atoms with Crippen LogP contribution < -0.4 is 4.74 Å². The van der Waals surface area contributed by atoms with Gasteiger partial charge in [-0.2, -0.15) is 0 Å². The summed E-state index contributed by atoms with van der Waals surface area (Å²) < 4.78 is 5.55. The molecule has 33 heavy (non-hydrogen) atoms. The van der Waals surface area contributed by atoms with Gasteiger partial charge in [-0.3, -0.25) is 9.59 Å². The van der Waals surface area contributed by atoms with Gasteiger partial charge >= 0.3 is 0 Å². The van der Waals surface area contributed by atoms with E-state index in [0.717, 1.165) is 36.6 Å². The highest BCUT2D eigenvalue weighted by atomic mass is 32.1. The van der Waals surface area contributed by atoms with E-state index >= 15 is 0 Å². The van der Waals surface area contributed by atoms with Crippen LogP contribution in [0.25, 0.3) is 0 Å². The molecule has 0 unspecified atom stereocenters. The highest BCUT2D eigenvalue weighted by molar-refractivity contribution is 7.14. The van der Waals surface area contributed by atoms with Crippen LogP contribution in [0.2, 0.25) is 0 Å². The highest BCUT2D eigenvalue weighted by Crippen LogP contribution is 2.40. The number of hydrogen-bond acceptors (Lipinski definition) is 7. The molecule has 0 saturated heterocycles. The van der Waals surface area contributed by atoms with Crippen LogP contribution in [0.5, 0.6) is 5.75 Å². The third kappa shape index (κ3) is 5.28. The Balaban J connectivity index is 1.97. The average molecular weight is 472 g/mol. The Hall–Kier alpha value is -2.71. The minimum atomic E-state index is -0.654. The van der Waals surface area contributed by atoms with Crippen LogP contribution in [0.4, 0.5) is 0 Å². The molecule has 7 nitrogen and oxygen atoms in total. The number of rotatable bonds is 11. The number of carbonyl (C=O) groups is 2. The molecule has 0 radical (unpaired) electrons. The first kappa shape index (κ1) is 24.9. The molecule has 178 valence electrons. The SMILES string of the molecule is CCOc1ccc([C@@H]2C(C(=O)c3sc(C)nc3C)=C(O)C(=O)N2CCCN(CC)CC)cc1. The second-order valence-electron chi connectivity index (χ2n) is 8.02. The largest absolute Gasteiger partial charge is 0.503 e. The summed E-state index contributed by atoms with van der Waals surface area (Å²) in [6.07, 6.45) is 0.744. The van der Waals surface area contributed by atoms with Crippen molar-refractivity contribution < 1.29 is 19.4 Å². The smallest absolute Gasteiger partial charge is 0.290 e. The maximum absolute atomic E-state index is 13.6. The fourth-order valence-corrected chi connectivity index (χ4v) is 5.12. The van der Waals surface area contributed by atoms with Crippen molar-refractivity contribution in [3.8, 4) is 5.75 Å². The Bertz CT molecular complexity index is 1020. The van der Waals surface area contributed by atoms with Gasteiger partial charge in [-0.15, -0.1) is 11.3 Å². The molecular formula is C25H33N3O4S. The lowest BCUT2D eigenvalue weighted by atomic mass is 9.95. The van der Waals surface area contributed by atoms with Crippen LogP contribution in [-0.2, 0) is 4.79 Å². The van der Waals surface area contributed by atoms with E-state index in [-0.39, 0.29) is 11.4 Å². The quantitative estimate of drug-likeness (QED) is 0.487. The number of nitrogens with zero attached hydrogens (tertiary/aromatic N) is 3. The number of ketones is 1. The molecule has 1 amide bonds. The number of aryl methyl sites for hydroxylation is 2. The fraction of sp³-hybridized carbons (Fsp3) is 0.480. The predicted octanol–water partition coefficient (Wildman–Crippen LogP) is 4.47. The molecule has 1 aliphatic heterocycles. The van der Waals surface area contributed by atoms with Gasteiger partial charge in [0, 0.05) is 6.54 Å². The zero-order valence-corrected chi connectivity index (χ0v) is 20.9. The minimum absolute atomic E-state index is 0.124. The number of Topliss-reactive ketones (excluding diaryl/α,β-unsaturated/α-hetero) is 1. The van der Waals surface area contributed by atoms with Crippen LogP contribution in [-0.4, -0.2) is 64.4 Å². The second kappa shape index (κ2) is 10.9. The van der Waals surface area contributed by atoms with Crippen molar-refractivity contribution in [1.29, 1.82) is 0 Å². The van der Waals surface area contributed by atoms with E-state index in [1.54, 1.807) is 11.8 Å². The summed E-state index contributed by atoms with van der Waals surface area (Å²) in [6, 6.07) is 6.72. The molecule has 1 N–H and O–H groups in total. The van der Waals surface area contributed by atoms with Gasteiger partial charge in [0.1, 0.15) is 5.75 Å². The molecule has 1 aliphatic rings. The predicted molar refractivity (Wildman–Crippen MR) is 130 cm³/mol. The Labute approximate surface area is 199 Å². The summed E-state index contributed by atoms with van der Waals surface area (Å²) in [4.78, 5) is 35.4. The number of aromatic nitrogens is 1. The third-order valence-electron chi connectivity index (χ3n) is 5.93. The maximum Gasteiger partial charge on any atom is 0.290 e. The number of carbonyl (C=O) groups excluding carboxylic acids is 2. The van der Waals surface area contributed by atoms with Crippen LogP contribution in [0.1, 0.15) is 59.2 Å². The number of thiazole rings is 1. The molecule has 2 heterocycles. The van der Waals surface area contributed by atoms with Gasteiger partial charge in [0.2, 0.25) is 5.78 Å². The molecule has 1 aromatic carbocycles. The van der Waals surface area contributed by atoms with E-state index in [4.69, 9.17) is 4.74 Å². The van der Waals surface area contributed by atoms with Crippen molar-refractivity contribution >= 4 is 23.0 Å². The second-order valence-corrected chi connectivity index (χ2v) is 9.23. The molecule has 0 bridgehead atoms. The van der Waals surface area contributed by atoms with Gasteiger partial charge in [-0.1, -0.05) is 26.0 Å². The van der Waals surface area contributed by atoms with Crippen molar-refractivity contribution in [3.05, 3.63) is 56.7 Å². The molecule has 0 spiro atoms. The van der Waals surface area contributed by atoms with Gasteiger partial charge in [0.25, 0.3) is 5.91 Å². The fourth-order valence-electron chi connectivity index (χ4n) is 4.24. The molecule has 0 saturated carbocycles. The molecular weight excluding hydrogens is 438 g/mol.